The van der Waals surface area contributed by atoms with E-state index < -0.39 is 23.9 Å². The highest BCUT2D eigenvalue weighted by atomic mass is 16.7. The highest BCUT2D eigenvalue weighted by molar-refractivity contribution is 4.52. The zero-order valence-electron chi connectivity index (χ0n) is 5.32. The zero-order chi connectivity index (χ0) is 9.44. The van der Waals surface area contributed by atoms with Gasteiger partial charge in [0.25, 0.3) is 0 Å². The van der Waals surface area contributed by atoms with Crippen LogP contribution in [0.2, 0.25) is 0 Å². The molecule has 0 saturated carbocycles. The molecule has 2 unspecified atom stereocenters. The lowest BCUT2D eigenvalue weighted by atomic mass is 10.3. The predicted octanol–water partition coefficient (Wildman–Crippen LogP) is -2.51. The van der Waals surface area contributed by atoms with E-state index in [0.29, 0.717) is 0 Å². The Hall–Kier alpha value is -1.12. The maximum absolute atomic E-state index is 9.58. The number of nitro groups is 1. The van der Waals surface area contributed by atoms with Gasteiger partial charge in [-0.15, -0.1) is 4.91 Å². The third-order valence-electron chi connectivity index (χ3n) is 0.747. The molecule has 0 aliphatic heterocycles. The zero-order valence-corrected chi connectivity index (χ0v) is 5.32. The van der Waals surface area contributed by atoms with Gasteiger partial charge in [-0.05, 0) is 0 Å². The van der Waals surface area contributed by atoms with E-state index in [9.17, 15) is 10.1 Å². The van der Waals surface area contributed by atoms with E-state index in [1.807, 2.05) is 0 Å². The number of nitroso groups, excluding NO2 is 1. The first-order chi connectivity index (χ1) is 5.09. The van der Waals surface area contributed by atoms with Gasteiger partial charge in [0.2, 0.25) is 0 Å². The average molecular weight is 167 g/mol. The van der Waals surface area contributed by atoms with E-state index in [0.717, 1.165) is 0 Å². The minimum Gasteiger partial charge on any atom is -0.393 e. The molecule has 8 heteroatoms. The van der Waals surface area contributed by atoms with Crippen molar-refractivity contribution in [3.8, 4) is 0 Å². The van der Waals surface area contributed by atoms with Gasteiger partial charge in [0, 0.05) is 0 Å². The van der Waals surface area contributed by atoms with Gasteiger partial charge in [-0.25, -0.2) is 0 Å². The molecular formula is C3H7N2O6. The van der Waals surface area contributed by atoms with Crippen LogP contribution in [0.5, 0.6) is 0 Å². The monoisotopic (exact) mass is 167 g/mol. The van der Waals surface area contributed by atoms with Gasteiger partial charge in [0.15, 0.2) is 6.10 Å². The molecule has 65 valence electrons. The molecule has 0 aromatic heterocycles. The fourth-order valence-corrected chi connectivity index (χ4v) is 0.235. The first-order valence-corrected chi connectivity index (χ1v) is 2.38. The normalized spacial score (nSPS) is 14.1. The Morgan fingerprint density at radius 3 is 1.91 bits per heavy atom. The van der Waals surface area contributed by atoms with Gasteiger partial charge in [-0.2, -0.15) is 0 Å². The van der Waals surface area contributed by atoms with Crippen molar-refractivity contribution < 1.29 is 20.2 Å². The molecule has 0 rings (SSSR count). The van der Waals surface area contributed by atoms with E-state index in [1.165, 1.54) is 0 Å². The maximum atomic E-state index is 9.58. The molecule has 0 aromatic carbocycles. The Morgan fingerprint density at radius 1 is 1.45 bits per heavy atom. The van der Waals surface area contributed by atoms with Crippen LogP contribution in [0, 0.1) is 15.0 Å². The lowest BCUT2D eigenvalue weighted by Crippen LogP contribution is -2.35. The molecule has 0 spiro atoms. The summed E-state index contributed by atoms with van der Waals surface area (Å²) in [5.74, 6) is 0. The second kappa shape index (κ2) is 6.99. The lowest BCUT2D eigenvalue weighted by molar-refractivity contribution is -0.583. The van der Waals surface area contributed by atoms with Crippen LogP contribution in [0.4, 0.5) is 0 Å². The maximum Gasteiger partial charge on any atom is 0.341 e. The minimum absolute atomic E-state index is 0.817. The van der Waals surface area contributed by atoms with Gasteiger partial charge >= 0.3 is 6.23 Å². The van der Waals surface area contributed by atoms with Gasteiger partial charge in [0.05, 0.1) is 11.5 Å². The molecule has 11 heavy (non-hydrogen) atoms. The van der Waals surface area contributed by atoms with Crippen molar-refractivity contribution in [1.82, 2.24) is 5.59 Å². The molecular weight excluding hydrogens is 160 g/mol. The van der Waals surface area contributed by atoms with Crippen LogP contribution in [0.15, 0.2) is 0 Å². The molecule has 0 aliphatic carbocycles. The highest BCUT2D eigenvalue weighted by Gasteiger charge is 2.25. The van der Waals surface area contributed by atoms with E-state index in [1.54, 1.807) is 0 Å². The van der Waals surface area contributed by atoms with Crippen LogP contribution in [0.3, 0.4) is 0 Å². The van der Waals surface area contributed by atoms with Crippen molar-refractivity contribution in [2.75, 3.05) is 6.61 Å². The molecule has 0 aromatic rings. The van der Waals surface area contributed by atoms with Crippen molar-refractivity contribution >= 4 is 0 Å². The molecule has 0 saturated heterocycles. The summed E-state index contributed by atoms with van der Waals surface area (Å²) in [6.45, 7) is -0.817. The van der Waals surface area contributed by atoms with E-state index in [2.05, 4.69) is 0 Å². The molecule has 0 aliphatic rings. The third kappa shape index (κ3) is 5.33. The quantitative estimate of drug-likeness (QED) is 0.240. The molecule has 3 N–H and O–H groups in total. The van der Waals surface area contributed by atoms with Crippen molar-refractivity contribution in [2.24, 2.45) is 0 Å². The van der Waals surface area contributed by atoms with Crippen molar-refractivity contribution in [3.05, 3.63) is 15.0 Å². The molecule has 2 atom stereocenters. The largest absolute Gasteiger partial charge is 0.393 e. The fourth-order valence-electron chi connectivity index (χ4n) is 0.235. The standard InChI is InChI=1S/C3H7NO5.NO/c5-1-2(6)3(7)4(8)9;1-2/h2-3,5-7H,1H2;. The van der Waals surface area contributed by atoms with E-state index >= 15 is 0 Å². The number of aliphatic hydroxyl groups is 3. The van der Waals surface area contributed by atoms with E-state index in [4.69, 9.17) is 25.8 Å². The molecule has 0 bridgehead atoms. The molecule has 0 amide bonds. The van der Waals surface area contributed by atoms with Crippen LogP contribution in [0.25, 0.3) is 0 Å². The number of nitrogens with zero attached hydrogens (tertiary/aromatic N) is 2. The second-order valence-electron chi connectivity index (χ2n) is 1.45. The summed E-state index contributed by atoms with van der Waals surface area (Å²) in [7, 11) is 0. The van der Waals surface area contributed by atoms with Crippen LogP contribution < -0.4 is 5.59 Å². The van der Waals surface area contributed by atoms with Crippen LogP contribution >= 0.6 is 0 Å². The Balaban J connectivity index is 0. The summed E-state index contributed by atoms with van der Waals surface area (Å²) >= 11 is 0. The number of hydrogen-bond donors (Lipinski definition) is 3. The first kappa shape index (κ1) is 12.5. The first-order valence-electron chi connectivity index (χ1n) is 2.38. The third-order valence-corrected chi connectivity index (χ3v) is 0.747. The average Bonchev–Trinajstić information content (AvgIpc) is 2.05. The second-order valence-corrected chi connectivity index (χ2v) is 1.45. The Labute approximate surface area is 61.0 Å². The molecule has 0 heterocycles. The molecule has 1 radical (unpaired) electrons. The van der Waals surface area contributed by atoms with Crippen molar-refractivity contribution in [2.45, 2.75) is 12.3 Å². The van der Waals surface area contributed by atoms with Gasteiger partial charge < -0.3 is 15.3 Å². The smallest absolute Gasteiger partial charge is 0.341 e. The highest BCUT2D eigenvalue weighted by Crippen LogP contribution is 1.91. The summed E-state index contributed by atoms with van der Waals surface area (Å²) in [4.78, 5) is 15.8. The summed E-state index contributed by atoms with van der Waals surface area (Å²) in [5.41, 5.74) is 5.75. The summed E-state index contributed by atoms with van der Waals surface area (Å²) in [6.07, 6.45) is -3.78. The van der Waals surface area contributed by atoms with Crippen LogP contribution in [0.1, 0.15) is 0 Å². The Kier molecular flexibility index (Phi) is 7.98. The van der Waals surface area contributed by atoms with Crippen molar-refractivity contribution in [3.63, 3.8) is 0 Å². The van der Waals surface area contributed by atoms with Crippen molar-refractivity contribution in [1.29, 1.82) is 0 Å². The lowest BCUT2D eigenvalue weighted by Gasteiger charge is -2.05. The van der Waals surface area contributed by atoms with Crippen LogP contribution in [-0.2, 0) is 0 Å². The van der Waals surface area contributed by atoms with Crippen LogP contribution in [-0.4, -0.2) is 39.2 Å². The molecule has 0 fully saturated rings. The van der Waals surface area contributed by atoms with Gasteiger partial charge in [-0.1, -0.05) is 0 Å². The number of hydrogen-bond acceptors (Lipinski definition) is 6. The van der Waals surface area contributed by atoms with Gasteiger partial charge in [-0.3, -0.25) is 10.1 Å². The predicted molar refractivity (Wildman–Crippen MR) is 31.6 cm³/mol. The molecule has 8 nitrogen and oxygen atoms in total. The minimum atomic E-state index is -2.09. The summed E-state index contributed by atoms with van der Waals surface area (Å²) in [5, 5.41) is 34.3. The Bertz CT molecular complexity index is 118. The summed E-state index contributed by atoms with van der Waals surface area (Å²) < 4.78 is 0. The summed E-state index contributed by atoms with van der Waals surface area (Å²) in [6, 6.07) is 0. The van der Waals surface area contributed by atoms with E-state index in [-0.39, 0.29) is 0 Å². The fraction of sp³-hybridized carbons (Fsp3) is 1.00. The number of aliphatic hydroxyl groups excluding tert-OH is 3. The number of rotatable bonds is 3. The Morgan fingerprint density at radius 2 is 1.82 bits per heavy atom. The topological polar surface area (TPSA) is 143 Å². The SMILES string of the molecule is O=[N+]([O-])C(O)C(O)CO.[N]=O. The van der Waals surface area contributed by atoms with Gasteiger partial charge in [0.1, 0.15) is 5.59 Å².